The zero-order valence-corrected chi connectivity index (χ0v) is 25.7. The summed E-state index contributed by atoms with van der Waals surface area (Å²) in [7, 11) is 0. The molecule has 0 aliphatic carbocycles. The van der Waals surface area contributed by atoms with Gasteiger partial charge in [0, 0.05) is 0 Å². The molecule has 0 unspecified atom stereocenters. The molecule has 0 aromatic heterocycles. The maximum Gasteiger partial charge on any atom is 0.0639 e. The van der Waals surface area contributed by atoms with Crippen LogP contribution in [0.3, 0.4) is 0 Å². The molecular formula is C36H56N2. The highest BCUT2D eigenvalue weighted by Crippen LogP contribution is 2.25. The number of aryl methyl sites for hydroxylation is 4. The second-order valence-corrected chi connectivity index (χ2v) is 11.0. The van der Waals surface area contributed by atoms with Crippen LogP contribution in [0.4, 0.5) is 11.4 Å². The van der Waals surface area contributed by atoms with Crippen LogP contribution < -0.4 is 0 Å². The first kappa shape index (κ1) is 32.0. The molecule has 0 aliphatic rings. The van der Waals surface area contributed by atoms with Gasteiger partial charge in [0.1, 0.15) is 0 Å². The van der Waals surface area contributed by atoms with E-state index in [0.717, 1.165) is 68.5 Å². The number of unbranched alkanes of at least 4 members (excludes halogenated alkanes) is 5. The lowest BCUT2D eigenvalue weighted by Gasteiger charge is -2.13. The van der Waals surface area contributed by atoms with Crippen LogP contribution in [-0.4, -0.2) is 11.4 Å². The molecule has 2 heteroatoms. The van der Waals surface area contributed by atoms with Gasteiger partial charge in [-0.3, -0.25) is 9.98 Å². The molecule has 0 N–H and O–H groups in total. The Hall–Kier alpha value is -2.22. The summed E-state index contributed by atoms with van der Waals surface area (Å²) in [5, 5.41) is 0. The first-order valence-corrected chi connectivity index (χ1v) is 16.0. The highest BCUT2D eigenvalue weighted by atomic mass is 14.8. The second kappa shape index (κ2) is 18.9. The Balaban J connectivity index is 2.48. The molecule has 0 amide bonds. The third kappa shape index (κ3) is 11.7. The van der Waals surface area contributed by atoms with Crippen molar-refractivity contribution in [2.45, 2.75) is 144 Å². The fourth-order valence-corrected chi connectivity index (χ4v) is 5.34. The molecule has 0 radical (unpaired) electrons. The summed E-state index contributed by atoms with van der Waals surface area (Å²) in [5.41, 5.74) is 10.2. The monoisotopic (exact) mass is 516 g/mol. The predicted octanol–water partition coefficient (Wildman–Crippen LogP) is 11.5. The normalized spacial score (nSPS) is 12.4. The molecule has 0 bridgehead atoms. The number of benzene rings is 2. The van der Waals surface area contributed by atoms with Crippen molar-refractivity contribution in [2.24, 2.45) is 9.98 Å². The minimum atomic E-state index is 0.909. The molecule has 0 heterocycles. The van der Waals surface area contributed by atoms with Gasteiger partial charge in [-0.25, -0.2) is 0 Å². The Morgan fingerprint density at radius 2 is 0.842 bits per heavy atom. The third-order valence-corrected chi connectivity index (χ3v) is 7.19. The van der Waals surface area contributed by atoms with Crippen molar-refractivity contribution >= 4 is 22.8 Å². The van der Waals surface area contributed by atoms with Crippen LogP contribution in [0.5, 0.6) is 0 Å². The molecule has 0 spiro atoms. The first-order valence-electron chi connectivity index (χ1n) is 16.0. The minimum absolute atomic E-state index is 0.909. The molecule has 2 rings (SSSR count). The molecule has 2 aromatic rings. The molecular weight excluding hydrogens is 460 g/mol. The Morgan fingerprint density at radius 3 is 1.24 bits per heavy atom. The molecule has 0 fully saturated rings. The van der Waals surface area contributed by atoms with E-state index >= 15 is 0 Å². The van der Waals surface area contributed by atoms with E-state index in [0.29, 0.717) is 0 Å². The quantitative estimate of drug-likeness (QED) is 0.131. The molecule has 0 saturated heterocycles. The maximum absolute atomic E-state index is 5.35. The van der Waals surface area contributed by atoms with Crippen LogP contribution in [0.15, 0.2) is 46.4 Å². The summed E-state index contributed by atoms with van der Waals surface area (Å²) in [6, 6.07) is 14.0. The van der Waals surface area contributed by atoms with Gasteiger partial charge in [0.25, 0.3) is 0 Å². The largest absolute Gasteiger partial charge is 0.252 e. The highest BCUT2D eigenvalue weighted by Gasteiger charge is 2.11. The Labute approximate surface area is 235 Å². The summed E-state index contributed by atoms with van der Waals surface area (Å²) >= 11 is 0. The van der Waals surface area contributed by atoms with E-state index in [1.54, 1.807) is 0 Å². The van der Waals surface area contributed by atoms with Gasteiger partial charge in [-0.05, 0) is 91.5 Å². The first-order chi connectivity index (χ1) is 18.6. The number of aliphatic imine (C=N–C) groups is 2. The molecule has 0 atom stereocenters. The zero-order valence-electron chi connectivity index (χ0n) is 25.7. The number of rotatable bonds is 19. The highest BCUT2D eigenvalue weighted by molar-refractivity contribution is 6.43. The number of hydrogen-bond donors (Lipinski definition) is 0. The van der Waals surface area contributed by atoms with Crippen molar-refractivity contribution in [1.29, 1.82) is 0 Å². The average Bonchev–Trinajstić information content (AvgIpc) is 2.89. The van der Waals surface area contributed by atoms with Crippen LogP contribution in [-0.2, 0) is 25.7 Å². The van der Waals surface area contributed by atoms with Crippen LogP contribution >= 0.6 is 0 Å². The molecule has 0 aliphatic heterocycles. The lowest BCUT2D eigenvalue weighted by atomic mass is 10.0. The molecule has 2 nitrogen and oxygen atoms in total. The summed E-state index contributed by atoms with van der Waals surface area (Å²) in [5.74, 6) is 0. The van der Waals surface area contributed by atoms with Crippen molar-refractivity contribution < 1.29 is 0 Å². The van der Waals surface area contributed by atoms with Gasteiger partial charge in [0.05, 0.1) is 22.8 Å². The van der Waals surface area contributed by atoms with Gasteiger partial charge >= 0.3 is 0 Å². The van der Waals surface area contributed by atoms with Crippen molar-refractivity contribution in [2.75, 3.05) is 0 Å². The van der Waals surface area contributed by atoms with Crippen LogP contribution in [0.25, 0.3) is 0 Å². The Kier molecular flexibility index (Phi) is 15.9. The van der Waals surface area contributed by atoms with Gasteiger partial charge in [0.2, 0.25) is 0 Å². The molecule has 38 heavy (non-hydrogen) atoms. The van der Waals surface area contributed by atoms with Crippen LogP contribution in [0, 0.1) is 0 Å². The van der Waals surface area contributed by atoms with Gasteiger partial charge in [0.15, 0.2) is 0 Å². The standard InChI is InChI=1S/C36H56N2/c1-7-13-14-15-16-17-22-36(38-34-27-31(20-10-4)24-32(28-34)21-11-5)35(12-6)37-33-25-29(18-8-2)23-30(26-33)19-9-3/h23-28H,7-22H2,1-6H3. The zero-order chi connectivity index (χ0) is 27.6. The topological polar surface area (TPSA) is 24.7 Å². The smallest absolute Gasteiger partial charge is 0.0639 e. The van der Waals surface area contributed by atoms with E-state index in [2.05, 4.69) is 77.9 Å². The maximum atomic E-state index is 5.35. The molecule has 2 aromatic carbocycles. The van der Waals surface area contributed by atoms with Crippen LogP contribution in [0.1, 0.15) is 141 Å². The second-order valence-electron chi connectivity index (χ2n) is 11.0. The van der Waals surface area contributed by atoms with E-state index in [9.17, 15) is 0 Å². The predicted molar refractivity (Wildman–Crippen MR) is 171 cm³/mol. The van der Waals surface area contributed by atoms with Crippen molar-refractivity contribution in [3.8, 4) is 0 Å². The van der Waals surface area contributed by atoms with Crippen molar-refractivity contribution in [1.82, 2.24) is 0 Å². The fraction of sp³-hybridized carbons (Fsp3) is 0.611. The molecule has 0 saturated carbocycles. The minimum Gasteiger partial charge on any atom is -0.252 e. The Morgan fingerprint density at radius 1 is 0.447 bits per heavy atom. The summed E-state index contributed by atoms with van der Waals surface area (Å²) in [4.78, 5) is 10.6. The van der Waals surface area contributed by atoms with Crippen molar-refractivity contribution in [3.63, 3.8) is 0 Å². The van der Waals surface area contributed by atoms with Crippen molar-refractivity contribution in [3.05, 3.63) is 58.7 Å². The Bertz CT molecular complexity index is 950. The van der Waals surface area contributed by atoms with Gasteiger partial charge in [-0.2, -0.15) is 0 Å². The van der Waals surface area contributed by atoms with E-state index in [-0.39, 0.29) is 0 Å². The van der Waals surface area contributed by atoms with Gasteiger partial charge in [-0.15, -0.1) is 0 Å². The average molecular weight is 517 g/mol. The summed E-state index contributed by atoms with van der Waals surface area (Å²) < 4.78 is 0. The molecule has 210 valence electrons. The lowest BCUT2D eigenvalue weighted by molar-refractivity contribution is 0.616. The lowest BCUT2D eigenvalue weighted by Crippen LogP contribution is -2.13. The van der Waals surface area contributed by atoms with Gasteiger partial charge in [-0.1, -0.05) is 111 Å². The van der Waals surface area contributed by atoms with E-state index in [1.165, 1.54) is 79.3 Å². The SMILES string of the molecule is CCCCCCCCC(=Nc1cc(CCC)cc(CCC)c1)C(CC)=Nc1cc(CCC)cc(CCC)c1. The number of nitrogens with zero attached hydrogens (tertiary/aromatic N) is 2. The third-order valence-electron chi connectivity index (χ3n) is 7.19. The summed E-state index contributed by atoms with van der Waals surface area (Å²) in [6.45, 7) is 13.6. The van der Waals surface area contributed by atoms with E-state index in [1.807, 2.05) is 0 Å². The van der Waals surface area contributed by atoms with Crippen LogP contribution in [0.2, 0.25) is 0 Å². The van der Waals surface area contributed by atoms with E-state index < -0.39 is 0 Å². The summed E-state index contributed by atoms with van der Waals surface area (Å²) in [6.07, 6.45) is 18.8. The van der Waals surface area contributed by atoms with E-state index in [4.69, 9.17) is 9.98 Å². The fourth-order valence-electron chi connectivity index (χ4n) is 5.34. The number of hydrogen-bond acceptors (Lipinski definition) is 2. The van der Waals surface area contributed by atoms with Gasteiger partial charge < -0.3 is 0 Å².